The van der Waals surface area contributed by atoms with Crippen molar-refractivity contribution in [3.63, 3.8) is 0 Å². The van der Waals surface area contributed by atoms with Gasteiger partial charge in [0, 0.05) is 19.4 Å². The second kappa shape index (κ2) is 5.41. The van der Waals surface area contributed by atoms with Gasteiger partial charge in [0.1, 0.15) is 6.10 Å². The molecule has 0 spiro atoms. The normalized spacial score (nSPS) is 12.8. The number of aliphatic hydroxyl groups excluding tert-OH is 1. The second-order valence-corrected chi connectivity index (χ2v) is 7.13. The monoisotopic (exact) mass is 394 g/mol. The maximum Gasteiger partial charge on any atom is 0.114 e. The molecule has 1 aromatic heterocycles. The predicted molar refractivity (Wildman–Crippen MR) is 80.0 cm³/mol. The van der Waals surface area contributed by atoms with Crippen molar-refractivity contribution in [3.8, 4) is 0 Å². The number of benzene rings is 1. The quantitative estimate of drug-likeness (QED) is 0.729. The van der Waals surface area contributed by atoms with E-state index in [-0.39, 0.29) is 0 Å². The average Bonchev–Trinajstić information content (AvgIpc) is 2.62. The molecular weight excluding hydrogens is 387 g/mol. The lowest BCUT2D eigenvalue weighted by Gasteiger charge is -2.11. The van der Waals surface area contributed by atoms with Gasteiger partial charge in [0.05, 0.1) is 4.34 Å². The van der Waals surface area contributed by atoms with Crippen molar-refractivity contribution < 1.29 is 5.11 Å². The molecule has 0 bridgehead atoms. The summed E-state index contributed by atoms with van der Waals surface area (Å²) in [6, 6.07) is 7.65. The Hall–Kier alpha value is 0.130. The predicted octanol–water partition coefficient (Wildman–Crippen LogP) is 5.32. The van der Waals surface area contributed by atoms with E-state index in [0.717, 1.165) is 29.3 Å². The van der Waals surface area contributed by atoms with Crippen molar-refractivity contribution in [1.82, 2.24) is 0 Å². The maximum atomic E-state index is 10.3. The summed E-state index contributed by atoms with van der Waals surface area (Å²) in [5.41, 5.74) is 1.83. The molecule has 0 fully saturated rings. The molecule has 2 rings (SSSR count). The van der Waals surface area contributed by atoms with E-state index in [9.17, 15) is 5.11 Å². The Morgan fingerprint density at radius 2 is 2.00 bits per heavy atom. The van der Waals surface area contributed by atoms with E-state index in [2.05, 4.69) is 31.9 Å². The molecule has 0 aliphatic heterocycles. The third kappa shape index (κ3) is 2.93. The van der Waals surface area contributed by atoms with Gasteiger partial charge < -0.3 is 5.11 Å². The van der Waals surface area contributed by atoms with Crippen LogP contribution in [-0.2, 0) is 0 Å². The number of halogens is 3. The van der Waals surface area contributed by atoms with Gasteiger partial charge in [-0.2, -0.15) is 0 Å². The van der Waals surface area contributed by atoms with Crippen molar-refractivity contribution in [2.24, 2.45) is 0 Å². The van der Waals surface area contributed by atoms with Gasteiger partial charge in [-0.1, -0.05) is 43.5 Å². The van der Waals surface area contributed by atoms with E-state index in [4.69, 9.17) is 11.6 Å². The molecule has 1 heterocycles. The van der Waals surface area contributed by atoms with E-state index in [1.807, 2.05) is 31.2 Å². The fourth-order valence-corrected chi connectivity index (χ4v) is 3.56. The van der Waals surface area contributed by atoms with Crippen molar-refractivity contribution in [2.45, 2.75) is 13.0 Å². The van der Waals surface area contributed by atoms with Gasteiger partial charge in [-0.25, -0.2) is 0 Å². The maximum absolute atomic E-state index is 10.3. The van der Waals surface area contributed by atoms with E-state index >= 15 is 0 Å². The fourth-order valence-electron chi connectivity index (χ4n) is 1.50. The standard InChI is InChI=1S/C12H9Br2ClOS/c1-6-4-10(17-12(6)15)11(16)8-5-7(13)2-3-9(8)14/h2-5,11,16H,1H3. The Morgan fingerprint density at radius 1 is 1.29 bits per heavy atom. The minimum absolute atomic E-state index is 0.655. The Balaban J connectivity index is 2.42. The zero-order chi connectivity index (χ0) is 12.6. The molecule has 0 saturated carbocycles. The number of rotatable bonds is 2. The van der Waals surface area contributed by atoms with Crippen LogP contribution in [0.2, 0.25) is 4.34 Å². The van der Waals surface area contributed by atoms with Crippen LogP contribution in [-0.4, -0.2) is 5.11 Å². The highest BCUT2D eigenvalue weighted by Gasteiger charge is 2.17. The van der Waals surface area contributed by atoms with Crippen molar-refractivity contribution in [2.75, 3.05) is 0 Å². The second-order valence-electron chi connectivity index (χ2n) is 3.67. The molecule has 1 atom stereocenters. The summed E-state index contributed by atoms with van der Waals surface area (Å²) < 4.78 is 2.55. The first kappa shape index (κ1) is 13.6. The molecule has 1 unspecified atom stereocenters. The highest BCUT2D eigenvalue weighted by atomic mass is 79.9. The molecule has 5 heteroatoms. The summed E-state index contributed by atoms with van der Waals surface area (Å²) in [7, 11) is 0. The zero-order valence-electron chi connectivity index (χ0n) is 8.88. The van der Waals surface area contributed by atoms with Gasteiger partial charge >= 0.3 is 0 Å². The fraction of sp³-hybridized carbons (Fsp3) is 0.167. The average molecular weight is 397 g/mol. The van der Waals surface area contributed by atoms with E-state index < -0.39 is 6.10 Å². The molecular formula is C12H9Br2ClOS. The van der Waals surface area contributed by atoms with Crippen LogP contribution < -0.4 is 0 Å². The lowest BCUT2D eigenvalue weighted by atomic mass is 10.1. The minimum Gasteiger partial charge on any atom is -0.383 e. The van der Waals surface area contributed by atoms with Crippen LogP contribution in [0.1, 0.15) is 22.1 Å². The van der Waals surface area contributed by atoms with Crippen molar-refractivity contribution in [3.05, 3.63) is 53.6 Å². The largest absolute Gasteiger partial charge is 0.383 e. The van der Waals surface area contributed by atoms with Crippen LogP contribution >= 0.6 is 54.8 Å². The SMILES string of the molecule is Cc1cc(C(O)c2cc(Br)ccc2Br)sc1Cl. The van der Waals surface area contributed by atoms with E-state index in [0.29, 0.717) is 0 Å². The van der Waals surface area contributed by atoms with E-state index in [1.165, 1.54) is 11.3 Å². The molecule has 0 aliphatic carbocycles. The molecule has 1 N–H and O–H groups in total. The van der Waals surface area contributed by atoms with Crippen LogP contribution in [0, 0.1) is 6.92 Å². The smallest absolute Gasteiger partial charge is 0.114 e. The third-order valence-corrected chi connectivity index (χ3v) is 5.22. The summed E-state index contributed by atoms with van der Waals surface area (Å²) in [5, 5.41) is 10.3. The van der Waals surface area contributed by atoms with Crippen molar-refractivity contribution >= 4 is 54.8 Å². The number of hydrogen-bond acceptors (Lipinski definition) is 2. The minimum atomic E-state index is -0.655. The van der Waals surface area contributed by atoms with Gasteiger partial charge in [0.25, 0.3) is 0 Å². The molecule has 0 radical (unpaired) electrons. The number of aryl methyl sites for hydroxylation is 1. The summed E-state index contributed by atoms with van der Waals surface area (Å²) in [6.45, 7) is 1.94. The Kier molecular flexibility index (Phi) is 4.31. The van der Waals surface area contributed by atoms with Gasteiger partial charge in [0.2, 0.25) is 0 Å². The van der Waals surface area contributed by atoms with Gasteiger partial charge in [-0.3, -0.25) is 0 Å². The van der Waals surface area contributed by atoms with E-state index in [1.54, 1.807) is 0 Å². The first-order valence-corrected chi connectivity index (χ1v) is 7.66. The lowest BCUT2D eigenvalue weighted by molar-refractivity contribution is 0.223. The molecule has 2 aromatic rings. The molecule has 1 aromatic carbocycles. The molecule has 1 nitrogen and oxygen atoms in total. The van der Waals surface area contributed by atoms with Gasteiger partial charge in [-0.15, -0.1) is 11.3 Å². The zero-order valence-corrected chi connectivity index (χ0v) is 13.6. The van der Waals surface area contributed by atoms with Crippen LogP contribution in [0.15, 0.2) is 33.2 Å². The van der Waals surface area contributed by atoms with Crippen molar-refractivity contribution in [1.29, 1.82) is 0 Å². The van der Waals surface area contributed by atoms with Crippen LogP contribution in [0.5, 0.6) is 0 Å². The van der Waals surface area contributed by atoms with Crippen LogP contribution in [0.3, 0.4) is 0 Å². The Bertz CT molecular complexity index is 534. The van der Waals surface area contributed by atoms with Crippen LogP contribution in [0.25, 0.3) is 0 Å². The molecule has 17 heavy (non-hydrogen) atoms. The first-order chi connectivity index (χ1) is 7.99. The summed E-state index contributed by atoms with van der Waals surface area (Å²) in [4.78, 5) is 0.853. The molecule has 0 amide bonds. The van der Waals surface area contributed by atoms with Crippen LogP contribution in [0.4, 0.5) is 0 Å². The summed E-state index contributed by atoms with van der Waals surface area (Å²) in [5.74, 6) is 0. The molecule has 0 aliphatic rings. The molecule has 0 saturated heterocycles. The number of aliphatic hydroxyl groups is 1. The third-order valence-electron chi connectivity index (χ3n) is 2.40. The topological polar surface area (TPSA) is 20.2 Å². The number of hydrogen-bond donors (Lipinski definition) is 1. The lowest BCUT2D eigenvalue weighted by Crippen LogP contribution is -1.98. The Morgan fingerprint density at radius 3 is 2.59 bits per heavy atom. The highest BCUT2D eigenvalue weighted by molar-refractivity contribution is 9.11. The summed E-state index contributed by atoms with van der Waals surface area (Å²) in [6.07, 6.45) is -0.655. The highest BCUT2D eigenvalue weighted by Crippen LogP contribution is 2.37. The number of thiophene rings is 1. The summed E-state index contributed by atoms with van der Waals surface area (Å²) >= 11 is 14.3. The first-order valence-electron chi connectivity index (χ1n) is 4.88. The van der Waals surface area contributed by atoms with Gasteiger partial charge in [-0.05, 0) is 36.8 Å². The van der Waals surface area contributed by atoms with Gasteiger partial charge in [0.15, 0.2) is 0 Å². The Labute approximate surface area is 126 Å². The molecule has 90 valence electrons.